The second-order valence-corrected chi connectivity index (χ2v) is 4.99. The molecule has 3 nitrogen and oxygen atoms in total. The third-order valence-electron chi connectivity index (χ3n) is 3.34. The van der Waals surface area contributed by atoms with Crippen molar-refractivity contribution >= 4 is 0 Å². The van der Waals surface area contributed by atoms with E-state index in [1.54, 1.807) is 12.3 Å². The molecule has 1 unspecified atom stereocenters. The molecule has 1 atom stereocenters. The fourth-order valence-corrected chi connectivity index (χ4v) is 2.44. The lowest BCUT2D eigenvalue weighted by molar-refractivity contribution is 0.514. The zero-order valence-corrected chi connectivity index (χ0v) is 12.4. The van der Waals surface area contributed by atoms with E-state index in [0.717, 1.165) is 30.9 Å². The van der Waals surface area contributed by atoms with Gasteiger partial charge in [0.25, 0.3) is 0 Å². The number of aromatic nitrogens is 2. The van der Waals surface area contributed by atoms with Crippen molar-refractivity contribution in [1.29, 1.82) is 0 Å². The standard InChI is InChI=1S/C16H22FN3/c1-4-9-20-10-8-19-16(20)15(18-5-2)13-11-12(3)6-7-14(13)17/h6-8,10-11,15,18H,4-5,9H2,1-3H3. The number of nitrogens with one attached hydrogen (secondary N) is 1. The van der Waals surface area contributed by atoms with Crippen LogP contribution in [0.4, 0.5) is 4.39 Å². The fraction of sp³-hybridized carbons (Fsp3) is 0.438. The molecule has 0 fully saturated rings. The minimum Gasteiger partial charge on any atom is -0.333 e. The van der Waals surface area contributed by atoms with Gasteiger partial charge in [0, 0.05) is 24.5 Å². The van der Waals surface area contributed by atoms with Crippen LogP contribution >= 0.6 is 0 Å². The Morgan fingerprint density at radius 1 is 1.35 bits per heavy atom. The third-order valence-corrected chi connectivity index (χ3v) is 3.34. The average Bonchev–Trinajstić information content (AvgIpc) is 2.88. The number of rotatable bonds is 6. The molecule has 1 aromatic heterocycles. The number of halogens is 1. The number of aryl methyl sites for hydroxylation is 2. The van der Waals surface area contributed by atoms with Gasteiger partial charge in [-0.15, -0.1) is 0 Å². The summed E-state index contributed by atoms with van der Waals surface area (Å²) in [6.45, 7) is 7.78. The molecule has 1 aromatic carbocycles. The first-order chi connectivity index (χ1) is 9.67. The molecule has 0 radical (unpaired) electrons. The lowest BCUT2D eigenvalue weighted by Crippen LogP contribution is -2.26. The van der Waals surface area contributed by atoms with Gasteiger partial charge < -0.3 is 9.88 Å². The Hall–Kier alpha value is -1.68. The van der Waals surface area contributed by atoms with Crippen LogP contribution in [0.15, 0.2) is 30.6 Å². The Morgan fingerprint density at radius 3 is 2.85 bits per heavy atom. The Bertz CT molecular complexity index is 563. The van der Waals surface area contributed by atoms with Crippen molar-refractivity contribution in [3.8, 4) is 0 Å². The maximum atomic E-state index is 14.2. The first-order valence-corrected chi connectivity index (χ1v) is 7.17. The van der Waals surface area contributed by atoms with E-state index >= 15 is 0 Å². The quantitative estimate of drug-likeness (QED) is 0.875. The van der Waals surface area contributed by atoms with Crippen LogP contribution in [0.1, 0.15) is 43.3 Å². The summed E-state index contributed by atoms with van der Waals surface area (Å²) in [5.41, 5.74) is 1.72. The zero-order valence-electron chi connectivity index (χ0n) is 12.4. The van der Waals surface area contributed by atoms with E-state index in [4.69, 9.17) is 0 Å². The number of hydrogen-bond donors (Lipinski definition) is 1. The molecule has 0 aliphatic rings. The van der Waals surface area contributed by atoms with E-state index in [1.807, 2.05) is 26.1 Å². The van der Waals surface area contributed by atoms with Crippen molar-refractivity contribution < 1.29 is 4.39 Å². The van der Waals surface area contributed by atoms with Crippen LogP contribution in [0.3, 0.4) is 0 Å². The molecule has 20 heavy (non-hydrogen) atoms. The van der Waals surface area contributed by atoms with Crippen LogP contribution in [0.2, 0.25) is 0 Å². The summed E-state index contributed by atoms with van der Waals surface area (Å²) in [5, 5.41) is 3.34. The summed E-state index contributed by atoms with van der Waals surface area (Å²) in [7, 11) is 0. The van der Waals surface area contributed by atoms with E-state index in [2.05, 4.69) is 21.8 Å². The van der Waals surface area contributed by atoms with Crippen molar-refractivity contribution in [1.82, 2.24) is 14.9 Å². The molecule has 4 heteroatoms. The predicted octanol–water partition coefficient (Wildman–Crippen LogP) is 3.44. The minimum atomic E-state index is -0.207. The number of nitrogens with zero attached hydrogens (tertiary/aromatic N) is 2. The molecule has 0 spiro atoms. The summed E-state index contributed by atoms with van der Waals surface area (Å²) in [6.07, 6.45) is 4.76. The van der Waals surface area contributed by atoms with Crippen LogP contribution < -0.4 is 5.32 Å². The third kappa shape index (κ3) is 3.07. The lowest BCUT2D eigenvalue weighted by atomic mass is 10.0. The van der Waals surface area contributed by atoms with Gasteiger partial charge in [-0.25, -0.2) is 9.37 Å². The largest absolute Gasteiger partial charge is 0.333 e. The minimum absolute atomic E-state index is 0.187. The van der Waals surface area contributed by atoms with Gasteiger partial charge in [0.1, 0.15) is 11.6 Å². The van der Waals surface area contributed by atoms with Crippen LogP contribution in [0.25, 0.3) is 0 Å². The second-order valence-electron chi connectivity index (χ2n) is 4.99. The van der Waals surface area contributed by atoms with Gasteiger partial charge in [-0.3, -0.25) is 0 Å². The van der Waals surface area contributed by atoms with Crippen LogP contribution in [0, 0.1) is 12.7 Å². The summed E-state index contributed by atoms with van der Waals surface area (Å²) < 4.78 is 16.3. The van der Waals surface area contributed by atoms with Gasteiger partial charge in [0.2, 0.25) is 0 Å². The topological polar surface area (TPSA) is 29.9 Å². The van der Waals surface area contributed by atoms with Gasteiger partial charge >= 0.3 is 0 Å². The molecule has 0 amide bonds. The van der Waals surface area contributed by atoms with E-state index in [1.165, 1.54) is 6.07 Å². The Balaban J connectivity index is 2.44. The van der Waals surface area contributed by atoms with Crippen molar-refractivity contribution in [3.63, 3.8) is 0 Å². The summed E-state index contributed by atoms with van der Waals surface area (Å²) >= 11 is 0. The molecule has 1 heterocycles. The highest BCUT2D eigenvalue weighted by atomic mass is 19.1. The molecule has 0 saturated heterocycles. The lowest BCUT2D eigenvalue weighted by Gasteiger charge is -2.20. The maximum absolute atomic E-state index is 14.2. The predicted molar refractivity (Wildman–Crippen MR) is 79.2 cm³/mol. The molecule has 2 rings (SSSR count). The van der Waals surface area contributed by atoms with Crippen molar-refractivity contribution in [2.75, 3.05) is 6.54 Å². The first kappa shape index (κ1) is 14.7. The molecule has 0 aliphatic heterocycles. The molecule has 1 N–H and O–H groups in total. The highest BCUT2D eigenvalue weighted by molar-refractivity contribution is 5.31. The van der Waals surface area contributed by atoms with E-state index < -0.39 is 0 Å². The smallest absolute Gasteiger partial charge is 0.130 e. The zero-order chi connectivity index (χ0) is 14.5. The second kappa shape index (κ2) is 6.66. The Labute approximate surface area is 119 Å². The average molecular weight is 275 g/mol. The van der Waals surface area contributed by atoms with Gasteiger partial charge in [-0.05, 0) is 26.0 Å². The Kier molecular flexibility index (Phi) is 4.90. The summed E-state index contributed by atoms with van der Waals surface area (Å²) in [5.74, 6) is 0.686. The number of benzene rings is 1. The van der Waals surface area contributed by atoms with Crippen LogP contribution in [-0.4, -0.2) is 16.1 Å². The molecule has 0 saturated carbocycles. The fourth-order valence-electron chi connectivity index (χ4n) is 2.44. The summed E-state index contributed by atoms with van der Waals surface area (Å²) in [6, 6.07) is 5.01. The highest BCUT2D eigenvalue weighted by Crippen LogP contribution is 2.24. The van der Waals surface area contributed by atoms with Gasteiger partial charge in [-0.1, -0.05) is 31.5 Å². The molecule has 2 aromatic rings. The molecular weight excluding hydrogens is 253 g/mol. The van der Waals surface area contributed by atoms with Gasteiger partial charge in [0.05, 0.1) is 6.04 Å². The molecular formula is C16H22FN3. The number of hydrogen-bond acceptors (Lipinski definition) is 2. The van der Waals surface area contributed by atoms with Crippen LogP contribution in [-0.2, 0) is 6.54 Å². The van der Waals surface area contributed by atoms with Crippen molar-refractivity contribution in [3.05, 3.63) is 53.4 Å². The van der Waals surface area contributed by atoms with Gasteiger partial charge in [0.15, 0.2) is 0 Å². The first-order valence-electron chi connectivity index (χ1n) is 7.17. The van der Waals surface area contributed by atoms with Crippen molar-refractivity contribution in [2.45, 2.75) is 39.8 Å². The molecule has 0 bridgehead atoms. The SMILES string of the molecule is CCCn1ccnc1C(NCC)c1cc(C)ccc1F. The normalized spacial score (nSPS) is 12.6. The molecule has 108 valence electrons. The van der Waals surface area contributed by atoms with Gasteiger partial charge in [-0.2, -0.15) is 0 Å². The van der Waals surface area contributed by atoms with E-state index in [0.29, 0.717) is 5.56 Å². The number of imidazole rings is 1. The highest BCUT2D eigenvalue weighted by Gasteiger charge is 2.21. The molecule has 0 aliphatic carbocycles. The van der Waals surface area contributed by atoms with E-state index in [-0.39, 0.29) is 11.9 Å². The van der Waals surface area contributed by atoms with Crippen LogP contribution in [0.5, 0.6) is 0 Å². The maximum Gasteiger partial charge on any atom is 0.130 e. The van der Waals surface area contributed by atoms with Crippen molar-refractivity contribution in [2.24, 2.45) is 0 Å². The van der Waals surface area contributed by atoms with E-state index in [9.17, 15) is 4.39 Å². The summed E-state index contributed by atoms with van der Waals surface area (Å²) in [4.78, 5) is 4.43. The Morgan fingerprint density at radius 2 is 2.15 bits per heavy atom. The monoisotopic (exact) mass is 275 g/mol.